The molecule has 0 aromatic heterocycles. The lowest BCUT2D eigenvalue weighted by Gasteiger charge is -2.26. The van der Waals surface area contributed by atoms with Crippen LogP contribution in [0.1, 0.15) is 39.2 Å². The van der Waals surface area contributed by atoms with E-state index in [2.05, 4.69) is 5.32 Å². The molecule has 0 bridgehead atoms. The van der Waals surface area contributed by atoms with Crippen molar-refractivity contribution in [2.24, 2.45) is 5.73 Å². The number of hydrogen-bond acceptors (Lipinski definition) is 3. The van der Waals surface area contributed by atoms with Crippen LogP contribution in [0, 0.1) is 0 Å². The second kappa shape index (κ2) is 6.57. The van der Waals surface area contributed by atoms with Crippen LogP contribution in [0.4, 0.5) is 4.79 Å². The van der Waals surface area contributed by atoms with Crippen molar-refractivity contribution in [1.29, 1.82) is 0 Å². The van der Waals surface area contributed by atoms with Crippen molar-refractivity contribution in [3.8, 4) is 0 Å². The Bertz CT molecular complexity index is 398. The molecule has 0 saturated heterocycles. The van der Waals surface area contributed by atoms with E-state index in [0.717, 1.165) is 5.56 Å². The van der Waals surface area contributed by atoms with Crippen LogP contribution in [0.2, 0.25) is 0 Å². The van der Waals surface area contributed by atoms with E-state index >= 15 is 0 Å². The van der Waals surface area contributed by atoms with Crippen molar-refractivity contribution >= 4 is 6.09 Å². The van der Waals surface area contributed by atoms with E-state index in [4.69, 9.17) is 10.5 Å². The maximum Gasteiger partial charge on any atom is 0.407 e. The van der Waals surface area contributed by atoms with Crippen LogP contribution in [-0.2, 0) is 4.74 Å². The van der Waals surface area contributed by atoms with Gasteiger partial charge >= 0.3 is 6.09 Å². The number of carbonyl (C=O) groups excluding carboxylic acids is 1. The van der Waals surface area contributed by atoms with Crippen LogP contribution in [0.15, 0.2) is 30.3 Å². The fraction of sp³-hybridized carbons (Fsp3) is 0.533. The molecule has 0 aliphatic heterocycles. The standard InChI is InChI=1S/C15H24N2O2/c1-11(17-14(18)19-15(2,3)4)13(10-16)12-8-6-5-7-9-12/h5-9,11,13H,10,16H2,1-4H3,(H,17,18)/t11-,13?/m0/s1. The van der Waals surface area contributed by atoms with E-state index in [1.54, 1.807) is 0 Å². The third kappa shape index (κ3) is 5.30. The lowest BCUT2D eigenvalue weighted by molar-refractivity contribution is 0.0502. The molecule has 19 heavy (non-hydrogen) atoms. The summed E-state index contributed by atoms with van der Waals surface area (Å²) in [7, 11) is 0. The summed E-state index contributed by atoms with van der Waals surface area (Å²) in [5.41, 5.74) is 6.44. The fourth-order valence-corrected chi connectivity index (χ4v) is 1.92. The summed E-state index contributed by atoms with van der Waals surface area (Å²) in [4.78, 5) is 11.7. The topological polar surface area (TPSA) is 64.3 Å². The fourth-order valence-electron chi connectivity index (χ4n) is 1.92. The molecule has 1 aromatic carbocycles. The number of amides is 1. The van der Waals surface area contributed by atoms with Gasteiger partial charge in [-0.05, 0) is 33.3 Å². The van der Waals surface area contributed by atoms with Gasteiger partial charge in [-0.2, -0.15) is 0 Å². The van der Waals surface area contributed by atoms with Crippen molar-refractivity contribution in [1.82, 2.24) is 5.32 Å². The van der Waals surface area contributed by atoms with Crippen LogP contribution in [-0.4, -0.2) is 24.3 Å². The zero-order valence-electron chi connectivity index (χ0n) is 12.1. The van der Waals surface area contributed by atoms with E-state index < -0.39 is 11.7 Å². The van der Waals surface area contributed by atoms with E-state index in [1.807, 2.05) is 58.0 Å². The lowest BCUT2D eigenvalue weighted by atomic mass is 9.93. The number of hydrogen-bond donors (Lipinski definition) is 2. The third-order valence-electron chi connectivity index (χ3n) is 2.83. The molecule has 4 heteroatoms. The minimum Gasteiger partial charge on any atom is -0.444 e. The molecule has 1 unspecified atom stereocenters. The van der Waals surface area contributed by atoms with Gasteiger partial charge in [0.1, 0.15) is 5.60 Å². The Hall–Kier alpha value is -1.55. The highest BCUT2D eigenvalue weighted by molar-refractivity contribution is 5.68. The molecule has 3 N–H and O–H groups in total. The number of nitrogens with two attached hydrogens (primary N) is 1. The average molecular weight is 264 g/mol. The molecular weight excluding hydrogens is 240 g/mol. The van der Waals surface area contributed by atoms with Crippen molar-refractivity contribution in [3.05, 3.63) is 35.9 Å². The monoisotopic (exact) mass is 264 g/mol. The van der Waals surface area contributed by atoms with Gasteiger partial charge < -0.3 is 15.8 Å². The van der Waals surface area contributed by atoms with Gasteiger partial charge in [-0.1, -0.05) is 30.3 Å². The number of rotatable bonds is 4. The minimum atomic E-state index is -0.491. The Morgan fingerprint density at radius 3 is 2.37 bits per heavy atom. The molecule has 0 aliphatic carbocycles. The Labute approximate surface area is 115 Å². The summed E-state index contributed by atoms with van der Waals surface area (Å²) in [5.74, 6) is 0.0775. The summed E-state index contributed by atoms with van der Waals surface area (Å²) in [6.45, 7) is 7.94. The van der Waals surface area contributed by atoms with Crippen molar-refractivity contribution in [2.45, 2.75) is 45.3 Å². The summed E-state index contributed by atoms with van der Waals surface area (Å²) < 4.78 is 5.25. The van der Waals surface area contributed by atoms with Crippen LogP contribution >= 0.6 is 0 Å². The number of ether oxygens (including phenoxy) is 1. The van der Waals surface area contributed by atoms with Gasteiger partial charge in [0.25, 0.3) is 0 Å². The van der Waals surface area contributed by atoms with Gasteiger partial charge in [0.2, 0.25) is 0 Å². The molecule has 1 rings (SSSR count). The van der Waals surface area contributed by atoms with Crippen molar-refractivity contribution in [3.63, 3.8) is 0 Å². The predicted octanol–water partition coefficient (Wildman–Crippen LogP) is 2.64. The smallest absolute Gasteiger partial charge is 0.407 e. The summed E-state index contributed by atoms with van der Waals surface area (Å²) in [5, 5.41) is 2.84. The van der Waals surface area contributed by atoms with Gasteiger partial charge in [0.05, 0.1) is 0 Å². The SMILES string of the molecule is C[C@H](NC(=O)OC(C)(C)C)C(CN)c1ccccc1. The first-order chi connectivity index (χ1) is 8.83. The Morgan fingerprint density at radius 1 is 1.32 bits per heavy atom. The van der Waals surface area contributed by atoms with Crippen LogP contribution in [0.3, 0.4) is 0 Å². The molecule has 0 saturated carbocycles. The van der Waals surface area contributed by atoms with Gasteiger partial charge in [-0.15, -0.1) is 0 Å². The van der Waals surface area contributed by atoms with E-state index in [1.165, 1.54) is 0 Å². The largest absolute Gasteiger partial charge is 0.444 e. The molecule has 1 amide bonds. The highest BCUT2D eigenvalue weighted by Gasteiger charge is 2.22. The lowest BCUT2D eigenvalue weighted by Crippen LogP contribution is -2.42. The Kier molecular flexibility index (Phi) is 5.36. The second-order valence-electron chi connectivity index (χ2n) is 5.69. The van der Waals surface area contributed by atoms with Crippen molar-refractivity contribution < 1.29 is 9.53 Å². The van der Waals surface area contributed by atoms with Gasteiger partial charge in [0.15, 0.2) is 0 Å². The Balaban J connectivity index is 2.65. The van der Waals surface area contributed by atoms with E-state index in [9.17, 15) is 4.79 Å². The van der Waals surface area contributed by atoms with Gasteiger partial charge in [0, 0.05) is 18.5 Å². The minimum absolute atomic E-state index is 0.0775. The second-order valence-corrected chi connectivity index (χ2v) is 5.69. The zero-order valence-corrected chi connectivity index (χ0v) is 12.1. The van der Waals surface area contributed by atoms with Gasteiger partial charge in [-0.25, -0.2) is 4.79 Å². The molecule has 4 nitrogen and oxygen atoms in total. The molecule has 0 fully saturated rings. The van der Waals surface area contributed by atoms with Crippen LogP contribution in [0.5, 0.6) is 0 Å². The number of carbonyl (C=O) groups is 1. The average Bonchev–Trinajstić information content (AvgIpc) is 2.28. The predicted molar refractivity (Wildman–Crippen MR) is 77.1 cm³/mol. The molecule has 2 atom stereocenters. The van der Waals surface area contributed by atoms with Crippen LogP contribution in [0.25, 0.3) is 0 Å². The number of benzene rings is 1. The summed E-state index contributed by atoms with van der Waals surface area (Å²) in [6.07, 6.45) is -0.408. The molecule has 0 radical (unpaired) electrons. The zero-order chi connectivity index (χ0) is 14.5. The van der Waals surface area contributed by atoms with Crippen molar-refractivity contribution in [2.75, 3.05) is 6.54 Å². The molecule has 0 aliphatic rings. The van der Waals surface area contributed by atoms with Crippen LogP contribution < -0.4 is 11.1 Å². The normalized spacial score (nSPS) is 14.6. The maximum atomic E-state index is 11.7. The first-order valence-corrected chi connectivity index (χ1v) is 6.58. The first kappa shape index (κ1) is 15.5. The maximum absolute atomic E-state index is 11.7. The van der Waals surface area contributed by atoms with E-state index in [0.29, 0.717) is 6.54 Å². The molecular formula is C15H24N2O2. The van der Waals surface area contributed by atoms with Gasteiger partial charge in [-0.3, -0.25) is 0 Å². The Morgan fingerprint density at radius 2 is 1.89 bits per heavy atom. The molecule has 0 heterocycles. The summed E-state index contributed by atoms with van der Waals surface area (Å²) >= 11 is 0. The summed E-state index contributed by atoms with van der Waals surface area (Å²) in [6, 6.07) is 9.86. The molecule has 106 valence electrons. The molecule has 1 aromatic rings. The first-order valence-electron chi connectivity index (χ1n) is 6.58. The highest BCUT2D eigenvalue weighted by atomic mass is 16.6. The number of alkyl carbamates (subject to hydrolysis) is 1. The third-order valence-corrected chi connectivity index (χ3v) is 2.83. The number of nitrogens with one attached hydrogen (secondary N) is 1. The van der Waals surface area contributed by atoms with E-state index in [-0.39, 0.29) is 12.0 Å². The molecule has 0 spiro atoms. The highest BCUT2D eigenvalue weighted by Crippen LogP contribution is 2.18. The quantitative estimate of drug-likeness (QED) is 0.878.